The maximum absolute atomic E-state index is 11.9. The molecule has 2 aromatic carbocycles. The monoisotopic (exact) mass is 439 g/mol. The van der Waals surface area contributed by atoms with Crippen LogP contribution in [0, 0.1) is 12.8 Å². The number of esters is 1. The van der Waals surface area contributed by atoms with Crippen molar-refractivity contribution in [1.82, 2.24) is 5.32 Å². The van der Waals surface area contributed by atoms with Crippen LogP contribution < -0.4 is 15.5 Å². The molecular weight excluding hydrogens is 406 g/mol. The fourth-order valence-electron chi connectivity index (χ4n) is 3.82. The van der Waals surface area contributed by atoms with Crippen molar-refractivity contribution in [3.8, 4) is 0 Å². The highest BCUT2D eigenvalue weighted by molar-refractivity contribution is 7.80. The normalized spacial score (nSPS) is 15.3. The van der Waals surface area contributed by atoms with Crippen molar-refractivity contribution in [2.45, 2.75) is 46.6 Å². The Morgan fingerprint density at radius 2 is 1.87 bits per heavy atom. The van der Waals surface area contributed by atoms with Gasteiger partial charge in [-0.1, -0.05) is 19.1 Å². The van der Waals surface area contributed by atoms with E-state index in [1.165, 1.54) is 24.1 Å². The molecule has 166 valence electrons. The van der Waals surface area contributed by atoms with E-state index in [2.05, 4.69) is 53.6 Å². The predicted molar refractivity (Wildman–Crippen MR) is 132 cm³/mol. The molecular formula is C25H33N3O2S. The molecule has 0 unspecified atom stereocenters. The van der Waals surface area contributed by atoms with E-state index in [-0.39, 0.29) is 12.0 Å². The lowest BCUT2D eigenvalue weighted by Crippen LogP contribution is -2.33. The minimum absolute atomic E-state index is 0.0783. The number of hydrogen-bond acceptors (Lipinski definition) is 4. The molecule has 0 spiro atoms. The molecule has 0 aliphatic carbocycles. The molecule has 0 bridgehead atoms. The first-order valence-electron chi connectivity index (χ1n) is 11.1. The number of carbonyl (C=O) groups is 1. The highest BCUT2D eigenvalue weighted by atomic mass is 32.1. The standard InChI is InChI=1S/C25H33N3O2S/c1-5-30-24(29)21-8-11-23(18(3)16-21)27-25(31)26-19(4)20-6-9-22(10-7-20)28-14-12-17(2)13-15-28/h6-11,16-17,19H,5,12-15H2,1-4H3,(H2,26,27,31)/t19-/m0/s1. The molecule has 5 nitrogen and oxygen atoms in total. The summed E-state index contributed by atoms with van der Waals surface area (Å²) in [7, 11) is 0. The highest BCUT2D eigenvalue weighted by Crippen LogP contribution is 2.25. The number of piperidine rings is 1. The first kappa shape index (κ1) is 23.1. The summed E-state index contributed by atoms with van der Waals surface area (Å²) in [6.45, 7) is 10.8. The number of rotatable bonds is 6. The van der Waals surface area contributed by atoms with Gasteiger partial charge < -0.3 is 20.3 Å². The summed E-state index contributed by atoms with van der Waals surface area (Å²) in [6.07, 6.45) is 2.53. The van der Waals surface area contributed by atoms with Gasteiger partial charge in [0.2, 0.25) is 0 Å². The largest absolute Gasteiger partial charge is 0.462 e. The van der Waals surface area contributed by atoms with Crippen molar-refractivity contribution < 1.29 is 9.53 Å². The molecule has 1 heterocycles. The summed E-state index contributed by atoms with van der Waals surface area (Å²) in [5.74, 6) is 0.521. The Kier molecular flexibility index (Phi) is 7.91. The molecule has 1 saturated heterocycles. The summed E-state index contributed by atoms with van der Waals surface area (Å²) >= 11 is 5.52. The Morgan fingerprint density at radius 3 is 2.48 bits per heavy atom. The number of benzene rings is 2. The average molecular weight is 440 g/mol. The molecule has 2 aromatic rings. The third-order valence-corrected chi connectivity index (χ3v) is 6.10. The van der Waals surface area contributed by atoms with Crippen LogP contribution in [0.3, 0.4) is 0 Å². The zero-order valence-corrected chi connectivity index (χ0v) is 19.7. The van der Waals surface area contributed by atoms with Crippen LogP contribution in [0.4, 0.5) is 11.4 Å². The van der Waals surface area contributed by atoms with Gasteiger partial charge in [-0.25, -0.2) is 4.79 Å². The smallest absolute Gasteiger partial charge is 0.338 e. The van der Waals surface area contributed by atoms with Crippen LogP contribution in [0.15, 0.2) is 42.5 Å². The van der Waals surface area contributed by atoms with E-state index in [1.54, 1.807) is 13.0 Å². The minimum Gasteiger partial charge on any atom is -0.462 e. The molecule has 0 amide bonds. The van der Waals surface area contributed by atoms with Crippen molar-refractivity contribution >= 4 is 34.7 Å². The van der Waals surface area contributed by atoms with Crippen LogP contribution in [-0.4, -0.2) is 30.8 Å². The van der Waals surface area contributed by atoms with E-state index >= 15 is 0 Å². The maximum Gasteiger partial charge on any atom is 0.338 e. The average Bonchev–Trinajstić information content (AvgIpc) is 2.76. The fourth-order valence-corrected chi connectivity index (χ4v) is 4.11. The molecule has 0 aromatic heterocycles. The Hall–Kier alpha value is -2.60. The number of ether oxygens (including phenoxy) is 1. The molecule has 31 heavy (non-hydrogen) atoms. The number of anilines is 2. The molecule has 0 radical (unpaired) electrons. The lowest BCUT2D eigenvalue weighted by molar-refractivity contribution is 0.0526. The second-order valence-corrected chi connectivity index (χ2v) is 8.74. The third kappa shape index (κ3) is 6.20. The number of thiocarbonyl (C=S) groups is 1. The second-order valence-electron chi connectivity index (χ2n) is 8.33. The van der Waals surface area contributed by atoms with E-state index in [9.17, 15) is 4.79 Å². The first-order chi connectivity index (χ1) is 14.9. The molecule has 6 heteroatoms. The molecule has 1 aliphatic heterocycles. The van der Waals surface area contributed by atoms with Crippen LogP contribution in [0.25, 0.3) is 0 Å². The molecule has 1 atom stereocenters. The molecule has 2 N–H and O–H groups in total. The van der Waals surface area contributed by atoms with Crippen molar-refractivity contribution in [1.29, 1.82) is 0 Å². The molecule has 1 fully saturated rings. The van der Waals surface area contributed by atoms with Crippen molar-refractivity contribution in [2.24, 2.45) is 5.92 Å². The topological polar surface area (TPSA) is 53.6 Å². The summed E-state index contributed by atoms with van der Waals surface area (Å²) < 4.78 is 5.06. The van der Waals surface area contributed by atoms with Gasteiger partial charge in [0.05, 0.1) is 18.2 Å². The van der Waals surface area contributed by atoms with Crippen LogP contribution in [-0.2, 0) is 4.74 Å². The number of carbonyl (C=O) groups excluding carboxylic acids is 1. The van der Waals surface area contributed by atoms with Crippen molar-refractivity contribution in [3.05, 3.63) is 59.2 Å². The minimum atomic E-state index is -0.311. The lowest BCUT2D eigenvalue weighted by Gasteiger charge is -2.32. The maximum atomic E-state index is 11.9. The summed E-state index contributed by atoms with van der Waals surface area (Å²) in [5.41, 5.74) is 4.82. The molecule has 0 saturated carbocycles. The van der Waals surface area contributed by atoms with Gasteiger partial charge in [-0.15, -0.1) is 0 Å². The first-order valence-corrected chi connectivity index (χ1v) is 11.5. The van der Waals surface area contributed by atoms with Gasteiger partial charge in [0.15, 0.2) is 5.11 Å². The Morgan fingerprint density at radius 1 is 1.19 bits per heavy atom. The quantitative estimate of drug-likeness (QED) is 0.461. The van der Waals surface area contributed by atoms with E-state index in [1.807, 2.05) is 19.1 Å². The lowest BCUT2D eigenvalue weighted by atomic mass is 9.98. The fraction of sp³-hybridized carbons (Fsp3) is 0.440. The van der Waals surface area contributed by atoms with Crippen molar-refractivity contribution in [2.75, 3.05) is 29.9 Å². The number of nitrogens with zero attached hydrogens (tertiary/aromatic N) is 1. The Labute approximate surface area is 191 Å². The van der Waals surface area contributed by atoms with E-state index in [0.29, 0.717) is 17.3 Å². The Bertz CT molecular complexity index is 905. The van der Waals surface area contributed by atoms with Crippen LogP contribution in [0.2, 0.25) is 0 Å². The number of aryl methyl sites for hydroxylation is 1. The van der Waals surface area contributed by atoms with Crippen LogP contribution >= 0.6 is 12.2 Å². The van der Waals surface area contributed by atoms with E-state index in [4.69, 9.17) is 17.0 Å². The SMILES string of the molecule is CCOC(=O)c1ccc(NC(=S)N[C@@H](C)c2ccc(N3CCC(C)CC3)cc2)c(C)c1. The summed E-state index contributed by atoms with van der Waals surface area (Å²) in [4.78, 5) is 14.4. The van der Waals surface area contributed by atoms with Gasteiger partial charge >= 0.3 is 5.97 Å². The van der Waals surface area contributed by atoms with Gasteiger partial charge in [-0.2, -0.15) is 0 Å². The van der Waals surface area contributed by atoms with Gasteiger partial charge in [-0.05, 0) is 93.2 Å². The van der Waals surface area contributed by atoms with Gasteiger partial charge in [-0.3, -0.25) is 0 Å². The summed E-state index contributed by atoms with van der Waals surface area (Å²) in [6, 6.07) is 14.3. The van der Waals surface area contributed by atoms with Gasteiger partial charge in [0.25, 0.3) is 0 Å². The van der Waals surface area contributed by atoms with E-state index in [0.717, 1.165) is 30.3 Å². The van der Waals surface area contributed by atoms with Crippen molar-refractivity contribution in [3.63, 3.8) is 0 Å². The molecule has 3 rings (SSSR count). The predicted octanol–water partition coefficient (Wildman–Crippen LogP) is 5.46. The van der Waals surface area contributed by atoms with Crippen LogP contribution in [0.1, 0.15) is 61.1 Å². The second kappa shape index (κ2) is 10.6. The van der Waals surface area contributed by atoms with Crippen LogP contribution in [0.5, 0.6) is 0 Å². The van der Waals surface area contributed by atoms with Gasteiger partial charge in [0.1, 0.15) is 0 Å². The van der Waals surface area contributed by atoms with E-state index < -0.39 is 0 Å². The summed E-state index contributed by atoms with van der Waals surface area (Å²) in [5, 5.41) is 7.14. The van der Waals surface area contributed by atoms with Gasteiger partial charge in [0, 0.05) is 24.5 Å². The number of hydrogen-bond donors (Lipinski definition) is 2. The number of nitrogens with one attached hydrogen (secondary N) is 2. The zero-order chi connectivity index (χ0) is 22.4. The Balaban J connectivity index is 1.56. The third-order valence-electron chi connectivity index (χ3n) is 5.88. The molecule has 1 aliphatic rings. The zero-order valence-electron chi connectivity index (χ0n) is 18.9. The highest BCUT2D eigenvalue weighted by Gasteiger charge is 2.16.